The van der Waals surface area contributed by atoms with Crippen LogP contribution in [0.1, 0.15) is 16.8 Å². The van der Waals surface area contributed by atoms with Crippen molar-refractivity contribution < 1.29 is 14.3 Å². The number of carbonyl (C=O) groups is 1. The molecule has 0 aromatic carbocycles. The van der Waals surface area contributed by atoms with Crippen molar-refractivity contribution in [2.45, 2.75) is 6.42 Å². The third kappa shape index (κ3) is 2.48. The van der Waals surface area contributed by atoms with Crippen molar-refractivity contribution >= 4 is 11.8 Å². The van der Waals surface area contributed by atoms with E-state index in [1.807, 2.05) is 0 Å². The van der Waals surface area contributed by atoms with Gasteiger partial charge in [-0.05, 0) is 6.07 Å². The van der Waals surface area contributed by atoms with Crippen LogP contribution in [0.15, 0.2) is 12.3 Å². The molecule has 0 spiro atoms. The summed E-state index contributed by atoms with van der Waals surface area (Å²) in [7, 11) is 1.61. The fraction of sp³-hybridized carbons (Fsp3) is 0.273. The third-order valence-electron chi connectivity index (χ3n) is 2.05. The molecule has 0 aliphatic heterocycles. The van der Waals surface area contributed by atoms with Crippen LogP contribution in [0.5, 0.6) is 0 Å². The van der Waals surface area contributed by atoms with Crippen LogP contribution in [-0.2, 0) is 0 Å². The van der Waals surface area contributed by atoms with E-state index in [0.29, 0.717) is 13.0 Å². The van der Waals surface area contributed by atoms with Crippen LogP contribution >= 0.6 is 0 Å². The molecule has 0 amide bonds. The molecule has 1 aromatic heterocycles. The molecule has 1 rings (SSSR count). The van der Waals surface area contributed by atoms with Gasteiger partial charge in [-0.15, -0.1) is 12.3 Å². The molecule has 84 valence electrons. The van der Waals surface area contributed by atoms with Gasteiger partial charge in [0.2, 0.25) is 0 Å². The standard InChI is InChI=1S/C11H11FN2O2/c1-3-4-7-14(2)10-9(12)8(11(15)16)5-6-13-10/h1,5-6H,4,7H2,2H3,(H,15,16). The van der Waals surface area contributed by atoms with E-state index in [0.717, 1.165) is 6.07 Å². The Bertz CT molecular complexity index is 440. The lowest BCUT2D eigenvalue weighted by Crippen LogP contribution is -2.21. The van der Waals surface area contributed by atoms with Crippen molar-refractivity contribution in [3.8, 4) is 12.3 Å². The van der Waals surface area contributed by atoms with Gasteiger partial charge in [0.25, 0.3) is 0 Å². The highest BCUT2D eigenvalue weighted by atomic mass is 19.1. The van der Waals surface area contributed by atoms with E-state index in [1.54, 1.807) is 7.05 Å². The predicted molar refractivity (Wildman–Crippen MR) is 57.9 cm³/mol. The van der Waals surface area contributed by atoms with Gasteiger partial charge in [-0.2, -0.15) is 0 Å². The van der Waals surface area contributed by atoms with Gasteiger partial charge in [-0.1, -0.05) is 0 Å². The molecule has 0 aliphatic rings. The maximum absolute atomic E-state index is 13.7. The molecule has 1 N–H and O–H groups in total. The summed E-state index contributed by atoms with van der Waals surface area (Å²) in [6.07, 6.45) is 6.78. The molecule has 4 nitrogen and oxygen atoms in total. The summed E-state index contributed by atoms with van der Waals surface area (Å²) in [5, 5.41) is 8.73. The van der Waals surface area contributed by atoms with Gasteiger partial charge in [0.05, 0.1) is 0 Å². The Morgan fingerprint density at radius 3 is 3.00 bits per heavy atom. The first-order valence-electron chi connectivity index (χ1n) is 4.60. The lowest BCUT2D eigenvalue weighted by Gasteiger charge is -2.17. The Morgan fingerprint density at radius 1 is 1.75 bits per heavy atom. The number of hydrogen-bond acceptors (Lipinski definition) is 3. The molecule has 0 radical (unpaired) electrons. The summed E-state index contributed by atoms with van der Waals surface area (Å²) < 4.78 is 13.7. The zero-order chi connectivity index (χ0) is 12.1. The van der Waals surface area contributed by atoms with Crippen LogP contribution < -0.4 is 4.90 Å². The Morgan fingerprint density at radius 2 is 2.44 bits per heavy atom. The zero-order valence-corrected chi connectivity index (χ0v) is 8.77. The number of aromatic carboxylic acids is 1. The second kappa shape index (κ2) is 5.12. The molecular weight excluding hydrogens is 211 g/mol. The van der Waals surface area contributed by atoms with E-state index in [2.05, 4.69) is 10.9 Å². The summed E-state index contributed by atoms with van der Waals surface area (Å²) in [6.45, 7) is 0.420. The minimum absolute atomic E-state index is 0.00449. The van der Waals surface area contributed by atoms with Gasteiger partial charge in [-0.3, -0.25) is 0 Å². The molecule has 0 saturated heterocycles. The van der Waals surface area contributed by atoms with E-state index in [-0.39, 0.29) is 5.82 Å². The van der Waals surface area contributed by atoms with Crippen LogP contribution in [0, 0.1) is 18.2 Å². The molecule has 1 aromatic rings. The SMILES string of the molecule is C#CCCN(C)c1nccc(C(=O)O)c1F. The van der Waals surface area contributed by atoms with E-state index < -0.39 is 17.3 Å². The van der Waals surface area contributed by atoms with Gasteiger partial charge >= 0.3 is 5.97 Å². The molecule has 0 aliphatic carbocycles. The number of hydrogen-bond donors (Lipinski definition) is 1. The lowest BCUT2D eigenvalue weighted by molar-refractivity contribution is 0.0692. The largest absolute Gasteiger partial charge is 0.478 e. The first-order chi connectivity index (χ1) is 7.57. The topological polar surface area (TPSA) is 53.4 Å². The zero-order valence-electron chi connectivity index (χ0n) is 8.77. The van der Waals surface area contributed by atoms with Gasteiger partial charge < -0.3 is 10.0 Å². The first kappa shape index (κ1) is 12.0. The van der Waals surface area contributed by atoms with E-state index in [1.165, 1.54) is 11.1 Å². The van der Waals surface area contributed by atoms with Gasteiger partial charge in [0.15, 0.2) is 11.6 Å². The second-order valence-electron chi connectivity index (χ2n) is 3.18. The molecule has 0 fully saturated rings. The van der Waals surface area contributed by atoms with Gasteiger partial charge in [0.1, 0.15) is 5.56 Å². The number of carboxylic acid groups (broad SMARTS) is 1. The monoisotopic (exact) mass is 222 g/mol. The number of anilines is 1. The average molecular weight is 222 g/mol. The minimum Gasteiger partial charge on any atom is -0.478 e. The lowest BCUT2D eigenvalue weighted by atomic mass is 10.2. The number of rotatable bonds is 4. The molecule has 0 saturated carbocycles. The van der Waals surface area contributed by atoms with Crippen molar-refractivity contribution in [3.05, 3.63) is 23.6 Å². The summed E-state index contributed by atoms with van der Waals surface area (Å²) in [4.78, 5) is 16.0. The van der Waals surface area contributed by atoms with E-state index in [9.17, 15) is 9.18 Å². The van der Waals surface area contributed by atoms with Crippen LogP contribution in [0.25, 0.3) is 0 Å². The van der Waals surface area contributed by atoms with Crippen molar-refractivity contribution in [2.75, 3.05) is 18.5 Å². The normalized spacial score (nSPS) is 9.56. The van der Waals surface area contributed by atoms with Crippen LogP contribution in [0.2, 0.25) is 0 Å². The quantitative estimate of drug-likeness (QED) is 0.782. The maximum atomic E-state index is 13.7. The number of terminal acetylenes is 1. The number of carboxylic acids is 1. The number of nitrogens with zero attached hydrogens (tertiary/aromatic N) is 2. The maximum Gasteiger partial charge on any atom is 0.338 e. The fourth-order valence-corrected chi connectivity index (χ4v) is 1.20. The van der Waals surface area contributed by atoms with Crippen molar-refractivity contribution in [2.24, 2.45) is 0 Å². The molecule has 0 unspecified atom stereocenters. The second-order valence-corrected chi connectivity index (χ2v) is 3.18. The molecule has 1 heterocycles. The Hall–Kier alpha value is -2.09. The van der Waals surface area contributed by atoms with Crippen molar-refractivity contribution in [3.63, 3.8) is 0 Å². The van der Waals surface area contributed by atoms with Crippen LogP contribution in [-0.4, -0.2) is 29.7 Å². The number of pyridine rings is 1. The minimum atomic E-state index is -1.31. The first-order valence-corrected chi connectivity index (χ1v) is 4.60. The molecule has 0 bridgehead atoms. The summed E-state index contributed by atoms with van der Waals surface area (Å²) >= 11 is 0. The highest BCUT2D eigenvalue weighted by molar-refractivity contribution is 5.88. The van der Waals surface area contributed by atoms with Crippen LogP contribution in [0.3, 0.4) is 0 Å². The van der Waals surface area contributed by atoms with Crippen molar-refractivity contribution in [1.29, 1.82) is 0 Å². The third-order valence-corrected chi connectivity index (χ3v) is 2.05. The van der Waals surface area contributed by atoms with Crippen LogP contribution in [0.4, 0.5) is 10.2 Å². The molecule has 0 atom stereocenters. The Kier molecular flexibility index (Phi) is 3.84. The molecular formula is C11H11FN2O2. The number of aromatic nitrogens is 1. The molecule has 5 heteroatoms. The van der Waals surface area contributed by atoms with E-state index >= 15 is 0 Å². The average Bonchev–Trinajstić information content (AvgIpc) is 2.25. The molecule has 16 heavy (non-hydrogen) atoms. The highest BCUT2D eigenvalue weighted by Crippen LogP contribution is 2.18. The summed E-state index contributed by atoms with van der Waals surface area (Å²) in [6, 6.07) is 1.12. The Labute approximate surface area is 92.7 Å². The van der Waals surface area contributed by atoms with Gasteiger partial charge in [-0.25, -0.2) is 14.2 Å². The van der Waals surface area contributed by atoms with Gasteiger partial charge in [0, 0.05) is 26.2 Å². The van der Waals surface area contributed by atoms with Crippen molar-refractivity contribution in [1.82, 2.24) is 4.98 Å². The van der Waals surface area contributed by atoms with E-state index in [4.69, 9.17) is 11.5 Å². The summed E-state index contributed by atoms with van der Waals surface area (Å²) in [5.74, 6) is 0.261. The number of halogens is 1. The predicted octanol–water partition coefficient (Wildman–Crippen LogP) is 1.38. The summed E-state index contributed by atoms with van der Waals surface area (Å²) in [5.41, 5.74) is -0.391. The highest BCUT2D eigenvalue weighted by Gasteiger charge is 2.17. The fourth-order valence-electron chi connectivity index (χ4n) is 1.20. The smallest absolute Gasteiger partial charge is 0.338 e. The Balaban J connectivity index is 3.01.